The summed E-state index contributed by atoms with van der Waals surface area (Å²) in [7, 11) is 0. The Kier molecular flexibility index (Phi) is 62.7. The van der Waals surface area contributed by atoms with Gasteiger partial charge in [-0.2, -0.15) is 0 Å². The van der Waals surface area contributed by atoms with Gasteiger partial charge >= 0.3 is 17.9 Å². The molecule has 0 N–H and O–H groups in total. The van der Waals surface area contributed by atoms with Crippen LogP contribution in [0, 0.1) is 0 Å². The van der Waals surface area contributed by atoms with Crippen LogP contribution in [-0.4, -0.2) is 37.2 Å². The van der Waals surface area contributed by atoms with Crippen LogP contribution in [0.4, 0.5) is 0 Å². The minimum Gasteiger partial charge on any atom is -0.462 e. The maximum atomic E-state index is 12.9. The minimum atomic E-state index is -0.799. The van der Waals surface area contributed by atoms with E-state index < -0.39 is 6.10 Å². The molecule has 0 aliphatic rings. The van der Waals surface area contributed by atoms with Gasteiger partial charge in [-0.25, -0.2) is 0 Å². The molecule has 0 aliphatic heterocycles. The third-order valence-corrected chi connectivity index (χ3v) is 14.3. The number of esters is 3. The Labute approximate surface area is 483 Å². The molecule has 78 heavy (non-hydrogen) atoms. The molecule has 6 heteroatoms. The van der Waals surface area contributed by atoms with Crippen molar-refractivity contribution < 1.29 is 28.6 Å². The predicted octanol–water partition coefficient (Wildman–Crippen LogP) is 22.8. The van der Waals surface area contributed by atoms with Crippen molar-refractivity contribution in [1.29, 1.82) is 0 Å². The van der Waals surface area contributed by atoms with E-state index in [9.17, 15) is 14.4 Å². The number of carbonyl (C=O) groups excluding carboxylic acids is 3. The summed E-state index contributed by atoms with van der Waals surface area (Å²) in [5, 5.41) is 0. The van der Waals surface area contributed by atoms with Gasteiger partial charge in [-0.1, -0.05) is 298 Å². The highest BCUT2D eigenvalue weighted by molar-refractivity contribution is 5.71. The zero-order valence-corrected chi connectivity index (χ0v) is 51.4. The maximum Gasteiger partial charge on any atom is 0.306 e. The monoisotopic (exact) mass is 1080 g/mol. The maximum absolute atomic E-state index is 12.9. The van der Waals surface area contributed by atoms with Crippen LogP contribution in [-0.2, 0) is 28.6 Å². The Hall–Kier alpha value is -3.67. The lowest BCUT2D eigenvalue weighted by Gasteiger charge is -2.18. The van der Waals surface area contributed by atoms with Crippen molar-refractivity contribution in [3.63, 3.8) is 0 Å². The summed E-state index contributed by atoms with van der Waals surface area (Å²) in [5.41, 5.74) is 0. The van der Waals surface area contributed by atoms with E-state index in [0.717, 1.165) is 96.3 Å². The molecule has 1 unspecified atom stereocenters. The van der Waals surface area contributed by atoms with Gasteiger partial charge in [0.25, 0.3) is 0 Å². The largest absolute Gasteiger partial charge is 0.462 e. The lowest BCUT2D eigenvalue weighted by atomic mass is 10.0. The molecule has 0 saturated carbocycles. The van der Waals surface area contributed by atoms with Crippen LogP contribution >= 0.6 is 0 Å². The highest BCUT2D eigenvalue weighted by Gasteiger charge is 2.19. The number of unbranched alkanes of at least 4 members (excludes halogenated alkanes) is 33. The number of hydrogen-bond acceptors (Lipinski definition) is 6. The highest BCUT2D eigenvalue weighted by atomic mass is 16.6. The Morgan fingerprint density at radius 3 is 0.808 bits per heavy atom. The molecular weight excluding hydrogens is 961 g/mol. The first-order valence-corrected chi connectivity index (χ1v) is 33.2. The number of rotatable bonds is 60. The summed E-state index contributed by atoms with van der Waals surface area (Å²) in [5.74, 6) is -0.926. The van der Waals surface area contributed by atoms with Gasteiger partial charge in [0, 0.05) is 19.3 Å². The van der Waals surface area contributed by atoms with E-state index in [1.54, 1.807) is 0 Å². The van der Waals surface area contributed by atoms with Gasteiger partial charge in [0.2, 0.25) is 0 Å². The van der Waals surface area contributed by atoms with Gasteiger partial charge in [-0.05, 0) is 103 Å². The quantitative estimate of drug-likeness (QED) is 0.0261. The molecule has 0 heterocycles. The second kappa shape index (κ2) is 65.8. The van der Waals surface area contributed by atoms with Gasteiger partial charge < -0.3 is 14.2 Å². The van der Waals surface area contributed by atoms with Crippen molar-refractivity contribution in [3.8, 4) is 0 Å². The molecule has 1 atom stereocenters. The fraction of sp³-hybridized carbons (Fsp3) is 0.736. The van der Waals surface area contributed by atoms with Crippen LogP contribution in [0.1, 0.15) is 323 Å². The van der Waals surface area contributed by atoms with E-state index in [1.807, 2.05) is 0 Å². The second-order valence-electron chi connectivity index (χ2n) is 22.0. The van der Waals surface area contributed by atoms with Crippen molar-refractivity contribution in [3.05, 3.63) is 97.2 Å². The SMILES string of the molecule is CC/C=C\C/C=C\C/C=C\C/C=C\C/C=C\C/C=C\CCCCC(=O)OC(COC(=O)CCCCCCCCCCCC)COC(=O)CCCCCCCCCCCCCCCCCCC/C=C\C/C=C\CCCCCCC. The first kappa shape index (κ1) is 74.3. The molecule has 0 radical (unpaired) electrons. The summed E-state index contributed by atoms with van der Waals surface area (Å²) in [6.07, 6.45) is 88.7. The Morgan fingerprint density at radius 2 is 0.500 bits per heavy atom. The van der Waals surface area contributed by atoms with E-state index in [1.165, 1.54) is 180 Å². The second-order valence-corrected chi connectivity index (χ2v) is 22.0. The zero-order chi connectivity index (χ0) is 56.4. The van der Waals surface area contributed by atoms with Crippen LogP contribution in [0.15, 0.2) is 97.2 Å². The Morgan fingerprint density at radius 1 is 0.269 bits per heavy atom. The van der Waals surface area contributed by atoms with E-state index in [-0.39, 0.29) is 37.5 Å². The van der Waals surface area contributed by atoms with E-state index >= 15 is 0 Å². The molecule has 0 aromatic carbocycles. The molecule has 0 aromatic rings. The number of hydrogen-bond donors (Lipinski definition) is 0. The zero-order valence-electron chi connectivity index (χ0n) is 51.4. The lowest BCUT2D eigenvalue weighted by Crippen LogP contribution is -2.30. The molecule has 0 saturated heterocycles. The van der Waals surface area contributed by atoms with Crippen molar-refractivity contribution in [2.75, 3.05) is 13.2 Å². The molecule has 0 spiro atoms. The summed E-state index contributed by atoms with van der Waals surface area (Å²) < 4.78 is 16.9. The van der Waals surface area contributed by atoms with Crippen LogP contribution in [0.5, 0.6) is 0 Å². The molecule has 0 amide bonds. The average Bonchev–Trinajstić information content (AvgIpc) is 3.44. The van der Waals surface area contributed by atoms with Crippen molar-refractivity contribution in [1.82, 2.24) is 0 Å². The van der Waals surface area contributed by atoms with Crippen molar-refractivity contribution in [2.24, 2.45) is 0 Å². The molecule has 0 fully saturated rings. The number of ether oxygens (including phenoxy) is 3. The first-order valence-electron chi connectivity index (χ1n) is 33.2. The molecular formula is C72H124O6. The molecule has 0 bridgehead atoms. The molecule has 6 nitrogen and oxygen atoms in total. The normalized spacial score (nSPS) is 12.7. The molecule has 0 rings (SSSR count). The number of carbonyl (C=O) groups is 3. The summed E-state index contributed by atoms with van der Waals surface area (Å²) in [6.45, 7) is 6.50. The predicted molar refractivity (Wildman–Crippen MR) is 339 cm³/mol. The Bertz CT molecular complexity index is 1530. The molecule has 0 aromatic heterocycles. The fourth-order valence-corrected chi connectivity index (χ4v) is 9.36. The van der Waals surface area contributed by atoms with Crippen LogP contribution in [0.3, 0.4) is 0 Å². The third-order valence-electron chi connectivity index (χ3n) is 14.3. The standard InChI is InChI=1S/C72H124O6/c1-4-7-10-13-16-19-22-24-26-28-30-32-33-34-35-36-37-38-39-41-42-44-46-48-50-53-56-59-62-65-71(74)77-68-69(67-76-70(73)64-61-58-55-52-21-18-15-12-9-6-3)78-72(75)66-63-60-57-54-51-49-47-45-43-40-31-29-27-25-23-20-17-14-11-8-5-2/h8,11,17,20,22,24-25,27-28,30-31,40,45,47,51,54,69H,4-7,9-10,12-16,18-19,21,23,26,29,32-39,41-44,46,48-50,52-53,55-68H2,1-3H3/b11-8-,20-17-,24-22-,27-25-,30-28-,40-31-,47-45-,54-51-. The van der Waals surface area contributed by atoms with Crippen LogP contribution in [0.2, 0.25) is 0 Å². The topological polar surface area (TPSA) is 78.9 Å². The smallest absolute Gasteiger partial charge is 0.306 e. The van der Waals surface area contributed by atoms with Gasteiger partial charge in [0.05, 0.1) is 0 Å². The minimum absolute atomic E-state index is 0.0923. The van der Waals surface area contributed by atoms with Gasteiger partial charge in [-0.3, -0.25) is 14.4 Å². The molecule has 448 valence electrons. The molecule has 0 aliphatic carbocycles. The summed E-state index contributed by atoms with van der Waals surface area (Å²) in [6, 6.07) is 0. The number of allylic oxidation sites excluding steroid dienone is 16. The van der Waals surface area contributed by atoms with Crippen LogP contribution in [0.25, 0.3) is 0 Å². The fourth-order valence-electron chi connectivity index (χ4n) is 9.36. The highest BCUT2D eigenvalue weighted by Crippen LogP contribution is 2.17. The summed E-state index contributed by atoms with van der Waals surface area (Å²) in [4.78, 5) is 38.2. The van der Waals surface area contributed by atoms with Crippen LogP contribution < -0.4 is 0 Å². The Balaban J connectivity index is 4.24. The van der Waals surface area contributed by atoms with Gasteiger partial charge in [0.15, 0.2) is 6.10 Å². The third kappa shape index (κ3) is 63.2. The van der Waals surface area contributed by atoms with E-state index in [4.69, 9.17) is 14.2 Å². The van der Waals surface area contributed by atoms with Gasteiger partial charge in [-0.15, -0.1) is 0 Å². The van der Waals surface area contributed by atoms with Gasteiger partial charge in [0.1, 0.15) is 13.2 Å². The lowest BCUT2D eigenvalue weighted by molar-refractivity contribution is -0.167. The van der Waals surface area contributed by atoms with Crippen molar-refractivity contribution >= 4 is 17.9 Å². The first-order chi connectivity index (χ1) is 38.5. The summed E-state index contributed by atoms with van der Waals surface area (Å²) >= 11 is 0. The van der Waals surface area contributed by atoms with E-state index in [2.05, 4.69) is 118 Å². The average molecular weight is 1090 g/mol. The van der Waals surface area contributed by atoms with Crippen molar-refractivity contribution in [2.45, 2.75) is 329 Å². The van der Waals surface area contributed by atoms with E-state index in [0.29, 0.717) is 19.3 Å².